The van der Waals surface area contributed by atoms with Crippen molar-refractivity contribution in [1.29, 1.82) is 0 Å². The van der Waals surface area contributed by atoms with Gasteiger partial charge in [0, 0.05) is 18.2 Å². The van der Waals surface area contributed by atoms with E-state index in [1.165, 1.54) is 12.1 Å². The summed E-state index contributed by atoms with van der Waals surface area (Å²) in [6, 6.07) is 15.2. The molecule has 0 aliphatic heterocycles. The van der Waals surface area contributed by atoms with Crippen molar-refractivity contribution in [1.82, 2.24) is 9.55 Å². The minimum atomic E-state index is -0.424. The zero-order valence-electron chi connectivity index (χ0n) is 9.28. The van der Waals surface area contributed by atoms with Gasteiger partial charge in [0.25, 0.3) is 5.69 Å². The number of nitro benzene ring substituents is 1. The van der Waals surface area contributed by atoms with E-state index in [1.807, 2.05) is 28.8 Å². The van der Waals surface area contributed by atoms with E-state index in [-0.39, 0.29) is 5.69 Å². The van der Waals surface area contributed by atoms with Crippen molar-refractivity contribution in [3.05, 3.63) is 65.0 Å². The molecular formula is C13H8N3O2. The number of nitro groups is 1. The van der Waals surface area contributed by atoms with Gasteiger partial charge in [-0.3, -0.25) is 14.7 Å². The summed E-state index contributed by atoms with van der Waals surface area (Å²) >= 11 is 0. The summed E-state index contributed by atoms with van der Waals surface area (Å²) in [6.07, 6.45) is 1.64. The highest BCUT2D eigenvalue weighted by Crippen LogP contribution is 2.22. The first-order chi connectivity index (χ1) is 8.75. The molecule has 87 valence electrons. The molecule has 0 N–H and O–H groups in total. The van der Waals surface area contributed by atoms with Gasteiger partial charge in [-0.2, -0.15) is 0 Å². The Morgan fingerprint density at radius 3 is 2.89 bits per heavy atom. The van der Waals surface area contributed by atoms with Gasteiger partial charge in [0.05, 0.1) is 21.6 Å². The van der Waals surface area contributed by atoms with E-state index < -0.39 is 4.92 Å². The summed E-state index contributed by atoms with van der Waals surface area (Å²) in [7, 11) is 0. The number of hydrogen-bond acceptors (Lipinski definition) is 3. The predicted molar refractivity (Wildman–Crippen MR) is 66.6 cm³/mol. The Kier molecular flexibility index (Phi) is 2.30. The van der Waals surface area contributed by atoms with E-state index >= 15 is 0 Å². The topological polar surface area (TPSA) is 61.0 Å². The minimum Gasteiger partial charge on any atom is -0.298 e. The van der Waals surface area contributed by atoms with Crippen LogP contribution < -0.4 is 0 Å². The monoisotopic (exact) mass is 238 g/mol. The molecule has 0 saturated carbocycles. The Labute approximate surface area is 102 Å². The number of benzene rings is 2. The Morgan fingerprint density at radius 1 is 1.28 bits per heavy atom. The summed E-state index contributed by atoms with van der Waals surface area (Å²) < 4.78 is 1.85. The number of aromatic nitrogens is 2. The second-order valence-electron chi connectivity index (χ2n) is 3.79. The largest absolute Gasteiger partial charge is 0.298 e. The summed E-state index contributed by atoms with van der Waals surface area (Å²) in [6.45, 7) is 0. The molecule has 3 aromatic rings. The molecule has 0 aliphatic rings. The minimum absolute atomic E-state index is 0.0461. The number of rotatable bonds is 2. The third kappa shape index (κ3) is 1.62. The lowest BCUT2D eigenvalue weighted by molar-refractivity contribution is -0.384. The average Bonchev–Trinajstić information content (AvgIpc) is 2.82. The van der Waals surface area contributed by atoms with Gasteiger partial charge in [-0.05, 0) is 12.1 Å². The number of imidazole rings is 1. The molecule has 5 nitrogen and oxygen atoms in total. The zero-order valence-corrected chi connectivity index (χ0v) is 9.28. The van der Waals surface area contributed by atoms with Crippen molar-refractivity contribution in [2.75, 3.05) is 0 Å². The maximum absolute atomic E-state index is 10.7. The summed E-state index contributed by atoms with van der Waals surface area (Å²) in [5.74, 6) is 0. The Bertz CT molecular complexity index is 719. The SMILES string of the molecule is O=[N+]([O-])c1ccc2c(c1)ncn2-c1[c]cccc1. The fourth-order valence-electron chi connectivity index (χ4n) is 1.84. The molecule has 18 heavy (non-hydrogen) atoms. The van der Waals surface area contributed by atoms with Gasteiger partial charge in [0.1, 0.15) is 6.33 Å². The molecule has 5 heteroatoms. The molecule has 0 atom stereocenters. The van der Waals surface area contributed by atoms with E-state index in [4.69, 9.17) is 0 Å². The number of nitrogens with zero attached hydrogens (tertiary/aromatic N) is 3. The van der Waals surface area contributed by atoms with Crippen LogP contribution in [0.1, 0.15) is 0 Å². The van der Waals surface area contributed by atoms with E-state index in [2.05, 4.69) is 11.1 Å². The Hall–Kier alpha value is -2.69. The van der Waals surface area contributed by atoms with Crippen molar-refractivity contribution in [3.8, 4) is 5.69 Å². The summed E-state index contributed by atoms with van der Waals surface area (Å²) in [5.41, 5.74) is 2.32. The molecule has 0 saturated heterocycles. The highest BCUT2D eigenvalue weighted by molar-refractivity contribution is 5.79. The van der Waals surface area contributed by atoms with E-state index in [0.29, 0.717) is 5.52 Å². The number of fused-ring (bicyclic) bond motifs is 1. The fraction of sp³-hybridized carbons (Fsp3) is 0. The molecule has 2 aromatic carbocycles. The van der Waals surface area contributed by atoms with Gasteiger partial charge in [0.2, 0.25) is 0 Å². The predicted octanol–water partition coefficient (Wildman–Crippen LogP) is 2.73. The molecule has 1 heterocycles. The molecular weight excluding hydrogens is 230 g/mol. The molecule has 3 rings (SSSR count). The highest BCUT2D eigenvalue weighted by atomic mass is 16.6. The third-order valence-electron chi connectivity index (χ3n) is 2.69. The molecule has 0 spiro atoms. The van der Waals surface area contributed by atoms with Crippen LogP contribution in [-0.2, 0) is 0 Å². The van der Waals surface area contributed by atoms with Crippen LogP contribution in [0.4, 0.5) is 5.69 Å². The van der Waals surface area contributed by atoms with Crippen LogP contribution in [-0.4, -0.2) is 14.5 Å². The fourth-order valence-corrected chi connectivity index (χ4v) is 1.84. The summed E-state index contributed by atoms with van der Waals surface area (Å²) in [5, 5.41) is 10.7. The van der Waals surface area contributed by atoms with Crippen LogP contribution >= 0.6 is 0 Å². The highest BCUT2D eigenvalue weighted by Gasteiger charge is 2.10. The second kappa shape index (κ2) is 3.96. The molecule has 0 unspecified atom stereocenters. The second-order valence-corrected chi connectivity index (χ2v) is 3.79. The third-order valence-corrected chi connectivity index (χ3v) is 2.69. The summed E-state index contributed by atoms with van der Waals surface area (Å²) in [4.78, 5) is 14.4. The van der Waals surface area contributed by atoms with Gasteiger partial charge in [-0.15, -0.1) is 0 Å². The molecule has 0 aliphatic carbocycles. The van der Waals surface area contributed by atoms with Gasteiger partial charge < -0.3 is 0 Å². The van der Waals surface area contributed by atoms with Crippen molar-refractivity contribution >= 4 is 16.7 Å². The lowest BCUT2D eigenvalue weighted by atomic mass is 10.2. The van der Waals surface area contributed by atoms with Crippen molar-refractivity contribution < 1.29 is 4.92 Å². The van der Waals surface area contributed by atoms with Gasteiger partial charge in [-0.25, -0.2) is 4.98 Å². The van der Waals surface area contributed by atoms with Crippen molar-refractivity contribution in [3.63, 3.8) is 0 Å². The van der Waals surface area contributed by atoms with Crippen LogP contribution in [0.15, 0.2) is 48.8 Å². The van der Waals surface area contributed by atoms with Crippen LogP contribution in [0.2, 0.25) is 0 Å². The first-order valence-corrected chi connectivity index (χ1v) is 5.34. The maximum Gasteiger partial charge on any atom is 0.271 e. The zero-order chi connectivity index (χ0) is 12.5. The quantitative estimate of drug-likeness (QED) is 0.509. The van der Waals surface area contributed by atoms with Crippen LogP contribution in [0.3, 0.4) is 0 Å². The number of hydrogen-bond donors (Lipinski definition) is 0. The molecule has 1 aromatic heterocycles. The first kappa shape index (κ1) is 10.5. The van der Waals surface area contributed by atoms with Gasteiger partial charge in [0.15, 0.2) is 0 Å². The van der Waals surface area contributed by atoms with Crippen LogP contribution in [0.25, 0.3) is 16.7 Å². The van der Waals surface area contributed by atoms with E-state index in [1.54, 1.807) is 12.4 Å². The lowest BCUT2D eigenvalue weighted by Gasteiger charge is -2.02. The lowest BCUT2D eigenvalue weighted by Crippen LogP contribution is -1.92. The molecule has 0 bridgehead atoms. The maximum atomic E-state index is 10.7. The average molecular weight is 238 g/mol. The van der Waals surface area contributed by atoms with Crippen molar-refractivity contribution in [2.24, 2.45) is 0 Å². The molecule has 0 fully saturated rings. The van der Waals surface area contributed by atoms with Crippen LogP contribution in [0, 0.1) is 16.2 Å². The van der Waals surface area contributed by atoms with Gasteiger partial charge >= 0.3 is 0 Å². The first-order valence-electron chi connectivity index (χ1n) is 5.34. The van der Waals surface area contributed by atoms with E-state index in [0.717, 1.165) is 11.2 Å². The number of non-ortho nitro benzene ring substituents is 1. The smallest absolute Gasteiger partial charge is 0.271 e. The van der Waals surface area contributed by atoms with E-state index in [9.17, 15) is 10.1 Å². The normalized spacial score (nSPS) is 10.7. The molecule has 0 amide bonds. The van der Waals surface area contributed by atoms with Crippen LogP contribution in [0.5, 0.6) is 0 Å². The van der Waals surface area contributed by atoms with Crippen molar-refractivity contribution in [2.45, 2.75) is 0 Å². The molecule has 1 radical (unpaired) electrons. The Morgan fingerprint density at radius 2 is 2.17 bits per heavy atom. The standard InChI is InChI=1S/C13H8N3O2/c17-16(18)11-6-7-13-12(8-11)14-9-15(13)10-4-2-1-3-5-10/h1-4,6-9H. The number of para-hydroxylation sites is 1. The van der Waals surface area contributed by atoms with Gasteiger partial charge in [-0.1, -0.05) is 18.2 Å². The Balaban J connectivity index is 2.19.